The number of thiophene rings is 1. The lowest BCUT2D eigenvalue weighted by Crippen LogP contribution is -2.38. The molecule has 0 unspecified atom stereocenters. The van der Waals surface area contributed by atoms with Crippen LogP contribution in [0.5, 0.6) is 0 Å². The molecule has 0 aliphatic rings. The van der Waals surface area contributed by atoms with E-state index in [1.165, 1.54) is 40.2 Å². The van der Waals surface area contributed by atoms with Crippen molar-refractivity contribution in [1.82, 2.24) is 9.13 Å². The maximum atomic E-state index is 14.3. The summed E-state index contributed by atoms with van der Waals surface area (Å²) in [6, 6.07) is 15.8. The Morgan fingerprint density at radius 3 is 2.44 bits per heavy atom. The Labute approximate surface area is 193 Å². The minimum Gasteiger partial charge on any atom is -0.287 e. The average molecular weight is 484 g/mol. The third-order valence-electron chi connectivity index (χ3n) is 5.67. The van der Waals surface area contributed by atoms with E-state index < -0.39 is 28.8 Å². The summed E-state index contributed by atoms with van der Waals surface area (Å²) in [5, 5.41) is 0.644. The van der Waals surface area contributed by atoms with Crippen LogP contribution in [0.4, 0.5) is 17.6 Å². The van der Waals surface area contributed by atoms with E-state index in [0.717, 1.165) is 27.5 Å². The SMILES string of the molecule is Cc1ccc(-n2c(=O)c3sc4ccccc4c3n(Cc3cccc(C(F)(F)F)c3)c2=O)cc1F. The van der Waals surface area contributed by atoms with Gasteiger partial charge in [-0.15, -0.1) is 11.3 Å². The normalized spacial score (nSPS) is 12.0. The highest BCUT2D eigenvalue weighted by atomic mass is 32.1. The van der Waals surface area contributed by atoms with Crippen LogP contribution >= 0.6 is 11.3 Å². The van der Waals surface area contributed by atoms with Crippen LogP contribution in [-0.2, 0) is 12.7 Å². The molecule has 0 saturated heterocycles. The zero-order chi connectivity index (χ0) is 24.2. The minimum atomic E-state index is -4.54. The molecular formula is C25H16F4N2O2S. The molecule has 172 valence electrons. The van der Waals surface area contributed by atoms with Gasteiger partial charge in [0.2, 0.25) is 0 Å². The Morgan fingerprint density at radius 1 is 0.941 bits per heavy atom. The fourth-order valence-electron chi connectivity index (χ4n) is 3.97. The molecular weight excluding hydrogens is 468 g/mol. The summed E-state index contributed by atoms with van der Waals surface area (Å²) >= 11 is 1.18. The molecule has 0 saturated carbocycles. The molecule has 0 fully saturated rings. The molecule has 5 aromatic rings. The van der Waals surface area contributed by atoms with Gasteiger partial charge in [-0.05, 0) is 48.4 Å². The van der Waals surface area contributed by atoms with Crippen molar-refractivity contribution in [3.8, 4) is 5.69 Å². The first-order chi connectivity index (χ1) is 16.1. The van der Waals surface area contributed by atoms with E-state index in [1.807, 2.05) is 0 Å². The van der Waals surface area contributed by atoms with Crippen molar-refractivity contribution in [2.24, 2.45) is 0 Å². The Hall–Kier alpha value is -3.72. The number of halogens is 4. The Balaban J connectivity index is 1.83. The zero-order valence-corrected chi connectivity index (χ0v) is 18.5. The highest BCUT2D eigenvalue weighted by Gasteiger charge is 2.30. The largest absolute Gasteiger partial charge is 0.416 e. The highest BCUT2D eigenvalue weighted by Crippen LogP contribution is 2.32. The van der Waals surface area contributed by atoms with Gasteiger partial charge in [0.25, 0.3) is 5.56 Å². The van der Waals surface area contributed by atoms with Gasteiger partial charge in [0, 0.05) is 10.1 Å². The molecule has 0 spiro atoms. The fraction of sp³-hybridized carbons (Fsp3) is 0.120. The summed E-state index contributed by atoms with van der Waals surface area (Å²) in [5.74, 6) is -0.579. The lowest BCUT2D eigenvalue weighted by atomic mass is 10.1. The molecule has 0 amide bonds. The number of fused-ring (bicyclic) bond motifs is 3. The number of hydrogen-bond donors (Lipinski definition) is 0. The molecule has 0 N–H and O–H groups in total. The summed E-state index contributed by atoms with van der Waals surface area (Å²) in [4.78, 5) is 27.0. The molecule has 34 heavy (non-hydrogen) atoms. The highest BCUT2D eigenvalue weighted by molar-refractivity contribution is 7.25. The van der Waals surface area contributed by atoms with Crippen molar-refractivity contribution in [3.05, 3.63) is 110 Å². The molecule has 0 atom stereocenters. The Bertz CT molecular complexity index is 1700. The molecule has 5 rings (SSSR count). The van der Waals surface area contributed by atoms with Crippen LogP contribution in [0.1, 0.15) is 16.7 Å². The smallest absolute Gasteiger partial charge is 0.287 e. The molecule has 0 radical (unpaired) electrons. The van der Waals surface area contributed by atoms with Gasteiger partial charge >= 0.3 is 11.9 Å². The van der Waals surface area contributed by atoms with E-state index in [-0.39, 0.29) is 22.5 Å². The van der Waals surface area contributed by atoms with Crippen LogP contribution in [0.25, 0.3) is 26.0 Å². The van der Waals surface area contributed by atoms with Gasteiger partial charge in [-0.3, -0.25) is 9.36 Å². The predicted molar refractivity (Wildman–Crippen MR) is 124 cm³/mol. The quantitative estimate of drug-likeness (QED) is 0.300. The first-order valence-electron chi connectivity index (χ1n) is 10.2. The van der Waals surface area contributed by atoms with Crippen LogP contribution in [0, 0.1) is 12.7 Å². The molecule has 3 aromatic carbocycles. The number of aromatic nitrogens is 2. The summed E-state index contributed by atoms with van der Waals surface area (Å²) in [5.41, 5.74) is -1.21. The predicted octanol–water partition coefficient (Wildman–Crippen LogP) is 5.88. The van der Waals surface area contributed by atoms with E-state index in [4.69, 9.17) is 0 Å². The van der Waals surface area contributed by atoms with Crippen LogP contribution in [-0.4, -0.2) is 9.13 Å². The third kappa shape index (κ3) is 3.62. The number of nitrogens with zero attached hydrogens (tertiary/aromatic N) is 2. The number of alkyl halides is 3. The van der Waals surface area contributed by atoms with Crippen LogP contribution in [0.3, 0.4) is 0 Å². The molecule has 2 aromatic heterocycles. The second-order valence-corrected chi connectivity index (χ2v) is 8.97. The lowest BCUT2D eigenvalue weighted by molar-refractivity contribution is -0.137. The van der Waals surface area contributed by atoms with E-state index in [2.05, 4.69) is 0 Å². The van der Waals surface area contributed by atoms with E-state index in [0.29, 0.717) is 16.5 Å². The van der Waals surface area contributed by atoms with Crippen LogP contribution in [0.2, 0.25) is 0 Å². The third-order valence-corrected chi connectivity index (χ3v) is 6.82. The van der Waals surface area contributed by atoms with E-state index in [9.17, 15) is 27.2 Å². The maximum absolute atomic E-state index is 14.3. The maximum Gasteiger partial charge on any atom is 0.416 e. The van der Waals surface area contributed by atoms with Crippen molar-refractivity contribution in [2.75, 3.05) is 0 Å². The van der Waals surface area contributed by atoms with Gasteiger partial charge in [-0.2, -0.15) is 13.2 Å². The number of rotatable bonds is 3. The molecule has 4 nitrogen and oxygen atoms in total. The summed E-state index contributed by atoms with van der Waals surface area (Å²) in [6.07, 6.45) is -4.54. The molecule has 0 aliphatic heterocycles. The van der Waals surface area contributed by atoms with Gasteiger partial charge in [-0.25, -0.2) is 13.8 Å². The topological polar surface area (TPSA) is 44.0 Å². The van der Waals surface area contributed by atoms with Crippen molar-refractivity contribution in [3.63, 3.8) is 0 Å². The van der Waals surface area contributed by atoms with Gasteiger partial charge in [-0.1, -0.05) is 36.4 Å². The fourth-order valence-corrected chi connectivity index (χ4v) is 5.11. The van der Waals surface area contributed by atoms with E-state index in [1.54, 1.807) is 31.2 Å². The van der Waals surface area contributed by atoms with Crippen molar-refractivity contribution >= 4 is 31.6 Å². The van der Waals surface area contributed by atoms with Crippen LogP contribution in [0.15, 0.2) is 76.3 Å². The standard InChI is InChI=1S/C25H16F4N2O2S/c1-14-9-10-17(12-19(14)26)31-23(32)22-21(18-7-2-3-8-20(18)34-22)30(24(31)33)13-15-5-4-6-16(11-15)25(27,28)29/h2-12H,13H2,1H3. The second kappa shape index (κ2) is 7.95. The summed E-state index contributed by atoms with van der Waals surface area (Å²) in [6.45, 7) is 1.36. The molecule has 0 bridgehead atoms. The Kier molecular flexibility index (Phi) is 5.16. The zero-order valence-electron chi connectivity index (χ0n) is 17.7. The number of aryl methyl sites for hydroxylation is 1. The summed E-state index contributed by atoms with van der Waals surface area (Å²) < 4.78 is 57.2. The van der Waals surface area contributed by atoms with Crippen molar-refractivity contribution in [2.45, 2.75) is 19.6 Å². The monoisotopic (exact) mass is 484 g/mol. The first kappa shape index (κ1) is 22.1. The average Bonchev–Trinajstić information content (AvgIpc) is 3.19. The van der Waals surface area contributed by atoms with Crippen molar-refractivity contribution < 1.29 is 17.6 Å². The van der Waals surface area contributed by atoms with Gasteiger partial charge in [0.1, 0.15) is 10.5 Å². The molecule has 9 heteroatoms. The van der Waals surface area contributed by atoms with Gasteiger partial charge in [0.05, 0.1) is 23.3 Å². The van der Waals surface area contributed by atoms with Crippen LogP contribution < -0.4 is 11.2 Å². The van der Waals surface area contributed by atoms with Gasteiger partial charge < -0.3 is 0 Å². The first-order valence-corrected chi connectivity index (χ1v) is 11.1. The Morgan fingerprint density at radius 2 is 1.71 bits per heavy atom. The number of hydrogen-bond acceptors (Lipinski definition) is 3. The van der Waals surface area contributed by atoms with E-state index >= 15 is 0 Å². The molecule has 0 aliphatic carbocycles. The van der Waals surface area contributed by atoms with Gasteiger partial charge in [0.15, 0.2) is 0 Å². The second-order valence-electron chi connectivity index (χ2n) is 7.92. The molecule has 2 heterocycles. The lowest BCUT2D eigenvalue weighted by Gasteiger charge is -2.14. The minimum absolute atomic E-state index is 0.0512. The van der Waals surface area contributed by atoms with Crippen molar-refractivity contribution in [1.29, 1.82) is 0 Å². The number of benzene rings is 3. The summed E-state index contributed by atoms with van der Waals surface area (Å²) in [7, 11) is 0.